The van der Waals surface area contributed by atoms with Crippen LogP contribution in [-0.2, 0) is 0 Å². The third-order valence-corrected chi connectivity index (χ3v) is 4.16. The van der Waals surface area contributed by atoms with E-state index in [9.17, 15) is 5.26 Å². The SMILES string of the molecule is COc1ccc(-c2cc(-c3ccc(C#N)cc3)nc(N)c2C#N)cc1OC. The first-order valence-electron chi connectivity index (χ1n) is 8.04. The van der Waals surface area contributed by atoms with Crippen LogP contribution < -0.4 is 15.2 Å². The first-order valence-corrected chi connectivity index (χ1v) is 8.04. The molecule has 2 aromatic carbocycles. The molecule has 0 radical (unpaired) electrons. The summed E-state index contributed by atoms with van der Waals surface area (Å²) in [5.74, 6) is 1.28. The lowest BCUT2D eigenvalue weighted by atomic mass is 9.98. The van der Waals surface area contributed by atoms with Crippen molar-refractivity contribution in [2.45, 2.75) is 0 Å². The number of rotatable bonds is 4. The monoisotopic (exact) mass is 356 g/mol. The molecule has 1 heterocycles. The number of aromatic nitrogens is 1. The van der Waals surface area contributed by atoms with Crippen LogP contribution in [0.15, 0.2) is 48.5 Å². The molecule has 3 aromatic rings. The molecule has 0 saturated carbocycles. The summed E-state index contributed by atoms with van der Waals surface area (Å²) < 4.78 is 10.6. The van der Waals surface area contributed by atoms with Gasteiger partial charge in [0, 0.05) is 11.1 Å². The maximum atomic E-state index is 9.56. The summed E-state index contributed by atoms with van der Waals surface area (Å²) in [6.07, 6.45) is 0. The largest absolute Gasteiger partial charge is 0.493 e. The van der Waals surface area contributed by atoms with E-state index in [-0.39, 0.29) is 5.82 Å². The van der Waals surface area contributed by atoms with Gasteiger partial charge in [0.05, 0.1) is 31.5 Å². The van der Waals surface area contributed by atoms with E-state index in [4.69, 9.17) is 20.5 Å². The fraction of sp³-hybridized carbons (Fsp3) is 0.0952. The Hall–Kier alpha value is -4.03. The zero-order valence-corrected chi connectivity index (χ0v) is 14.9. The number of ether oxygens (including phenoxy) is 2. The summed E-state index contributed by atoms with van der Waals surface area (Å²) >= 11 is 0. The quantitative estimate of drug-likeness (QED) is 0.763. The van der Waals surface area contributed by atoms with E-state index in [0.717, 1.165) is 11.1 Å². The highest BCUT2D eigenvalue weighted by atomic mass is 16.5. The molecule has 2 N–H and O–H groups in total. The highest BCUT2D eigenvalue weighted by Gasteiger charge is 2.15. The van der Waals surface area contributed by atoms with Crippen molar-refractivity contribution in [3.8, 4) is 46.0 Å². The predicted octanol–water partition coefficient (Wildman–Crippen LogP) is 3.76. The summed E-state index contributed by atoms with van der Waals surface area (Å²) in [4.78, 5) is 4.35. The van der Waals surface area contributed by atoms with Crippen molar-refractivity contribution < 1.29 is 9.47 Å². The molecule has 0 aliphatic rings. The molecule has 0 fully saturated rings. The number of methoxy groups -OCH3 is 2. The Labute approximate surface area is 157 Å². The Morgan fingerprint density at radius 3 is 2.11 bits per heavy atom. The van der Waals surface area contributed by atoms with Crippen molar-refractivity contribution in [2.24, 2.45) is 0 Å². The van der Waals surface area contributed by atoms with E-state index < -0.39 is 0 Å². The van der Waals surface area contributed by atoms with Gasteiger partial charge in [-0.15, -0.1) is 0 Å². The molecule has 132 valence electrons. The zero-order chi connectivity index (χ0) is 19.4. The third-order valence-electron chi connectivity index (χ3n) is 4.16. The van der Waals surface area contributed by atoms with Gasteiger partial charge in [-0.3, -0.25) is 0 Å². The van der Waals surface area contributed by atoms with Crippen molar-refractivity contribution in [2.75, 3.05) is 20.0 Å². The van der Waals surface area contributed by atoms with Crippen LogP contribution >= 0.6 is 0 Å². The third kappa shape index (κ3) is 3.37. The fourth-order valence-electron chi connectivity index (χ4n) is 2.78. The van der Waals surface area contributed by atoms with E-state index in [0.29, 0.717) is 33.9 Å². The summed E-state index contributed by atoms with van der Waals surface area (Å²) in [7, 11) is 3.11. The van der Waals surface area contributed by atoms with Gasteiger partial charge in [0.2, 0.25) is 0 Å². The number of nitrogens with two attached hydrogens (primary N) is 1. The van der Waals surface area contributed by atoms with Gasteiger partial charge in [-0.25, -0.2) is 4.98 Å². The van der Waals surface area contributed by atoms with Gasteiger partial charge in [-0.05, 0) is 35.9 Å². The molecule has 0 aliphatic heterocycles. The average molecular weight is 356 g/mol. The Morgan fingerprint density at radius 2 is 1.52 bits per heavy atom. The molecule has 0 unspecified atom stereocenters. The second kappa shape index (κ2) is 7.47. The molecule has 1 aromatic heterocycles. The molecular weight excluding hydrogens is 340 g/mol. The van der Waals surface area contributed by atoms with Gasteiger partial charge in [0.15, 0.2) is 11.5 Å². The Bertz CT molecular complexity index is 1080. The molecule has 6 heteroatoms. The van der Waals surface area contributed by atoms with Crippen LogP contribution in [0.5, 0.6) is 11.5 Å². The van der Waals surface area contributed by atoms with Crippen molar-refractivity contribution in [3.05, 3.63) is 59.7 Å². The first kappa shape index (κ1) is 17.8. The van der Waals surface area contributed by atoms with Gasteiger partial charge in [0.1, 0.15) is 17.5 Å². The van der Waals surface area contributed by atoms with Crippen molar-refractivity contribution >= 4 is 5.82 Å². The standard InChI is InChI=1S/C21H16N4O2/c1-26-19-8-7-15(9-20(19)27-2)16-10-18(25-21(24)17(16)12-23)14-5-3-13(11-22)4-6-14/h3-10H,1-2H3,(H2,24,25). The first-order chi connectivity index (χ1) is 13.1. The smallest absolute Gasteiger partial charge is 0.161 e. The predicted molar refractivity (Wildman–Crippen MR) is 102 cm³/mol. The van der Waals surface area contributed by atoms with Gasteiger partial charge >= 0.3 is 0 Å². The highest BCUT2D eigenvalue weighted by Crippen LogP contribution is 2.36. The van der Waals surface area contributed by atoms with Crippen molar-refractivity contribution in [3.63, 3.8) is 0 Å². The maximum absolute atomic E-state index is 9.56. The number of hydrogen-bond donors (Lipinski definition) is 1. The minimum Gasteiger partial charge on any atom is -0.493 e. The highest BCUT2D eigenvalue weighted by molar-refractivity contribution is 5.81. The molecule has 0 aliphatic carbocycles. The summed E-state index contributed by atoms with van der Waals surface area (Å²) in [5.41, 5.74) is 9.71. The fourth-order valence-corrected chi connectivity index (χ4v) is 2.78. The summed E-state index contributed by atoms with van der Waals surface area (Å²) in [6, 6.07) is 18.4. The lowest BCUT2D eigenvalue weighted by Gasteiger charge is -2.13. The number of pyridine rings is 1. The number of nitrogen functional groups attached to an aromatic ring is 1. The number of anilines is 1. The Kier molecular flexibility index (Phi) is 4.92. The molecule has 0 atom stereocenters. The second-order valence-electron chi connectivity index (χ2n) is 5.69. The van der Waals surface area contributed by atoms with Gasteiger partial charge in [-0.2, -0.15) is 10.5 Å². The van der Waals surface area contributed by atoms with E-state index in [1.807, 2.05) is 6.07 Å². The Morgan fingerprint density at radius 1 is 0.852 bits per heavy atom. The zero-order valence-electron chi connectivity index (χ0n) is 14.9. The van der Waals surface area contributed by atoms with E-state index in [1.165, 1.54) is 0 Å². The number of nitrogens with zero attached hydrogens (tertiary/aromatic N) is 3. The van der Waals surface area contributed by atoms with E-state index in [2.05, 4.69) is 17.1 Å². The number of nitriles is 2. The summed E-state index contributed by atoms with van der Waals surface area (Å²) in [5, 5.41) is 18.5. The average Bonchev–Trinajstić information content (AvgIpc) is 2.72. The van der Waals surface area contributed by atoms with Crippen molar-refractivity contribution in [1.29, 1.82) is 10.5 Å². The summed E-state index contributed by atoms with van der Waals surface area (Å²) in [6.45, 7) is 0. The Balaban J connectivity index is 2.18. The molecule has 0 amide bonds. The van der Waals surface area contributed by atoms with Crippen LogP contribution in [0.1, 0.15) is 11.1 Å². The number of benzene rings is 2. The topological polar surface area (TPSA) is 105 Å². The van der Waals surface area contributed by atoms with E-state index in [1.54, 1.807) is 56.7 Å². The molecule has 3 rings (SSSR count). The normalized spacial score (nSPS) is 9.93. The molecule has 6 nitrogen and oxygen atoms in total. The van der Waals surface area contributed by atoms with Crippen LogP contribution in [0, 0.1) is 22.7 Å². The molecule has 0 saturated heterocycles. The van der Waals surface area contributed by atoms with Crippen LogP contribution in [0.25, 0.3) is 22.4 Å². The van der Waals surface area contributed by atoms with Crippen molar-refractivity contribution in [1.82, 2.24) is 4.98 Å². The molecule has 27 heavy (non-hydrogen) atoms. The van der Waals surface area contributed by atoms with Gasteiger partial charge in [0.25, 0.3) is 0 Å². The van der Waals surface area contributed by atoms with Gasteiger partial charge in [-0.1, -0.05) is 18.2 Å². The van der Waals surface area contributed by atoms with Crippen LogP contribution in [0.4, 0.5) is 5.82 Å². The van der Waals surface area contributed by atoms with Gasteiger partial charge < -0.3 is 15.2 Å². The number of hydrogen-bond acceptors (Lipinski definition) is 6. The van der Waals surface area contributed by atoms with Crippen LogP contribution in [0.3, 0.4) is 0 Å². The maximum Gasteiger partial charge on any atom is 0.161 e. The molecule has 0 spiro atoms. The molecular formula is C21H16N4O2. The van der Waals surface area contributed by atoms with Crippen LogP contribution in [-0.4, -0.2) is 19.2 Å². The lowest BCUT2D eigenvalue weighted by Crippen LogP contribution is -2.00. The second-order valence-corrected chi connectivity index (χ2v) is 5.69. The molecule has 0 bridgehead atoms. The van der Waals surface area contributed by atoms with E-state index >= 15 is 0 Å². The lowest BCUT2D eigenvalue weighted by molar-refractivity contribution is 0.355. The minimum absolute atomic E-state index is 0.143. The van der Waals surface area contributed by atoms with Crippen LogP contribution in [0.2, 0.25) is 0 Å². The minimum atomic E-state index is 0.143.